The van der Waals surface area contributed by atoms with Gasteiger partial charge in [-0.15, -0.1) is 10.2 Å². The van der Waals surface area contributed by atoms with Gasteiger partial charge >= 0.3 is 0 Å². The van der Waals surface area contributed by atoms with Gasteiger partial charge in [-0.2, -0.15) is 4.80 Å². The van der Waals surface area contributed by atoms with Gasteiger partial charge in [0.2, 0.25) is 0 Å². The zero-order valence-electron chi connectivity index (χ0n) is 11.3. The molecule has 0 spiro atoms. The average Bonchev–Trinajstić information content (AvgIpc) is 2.82. The van der Waals surface area contributed by atoms with Crippen LogP contribution < -0.4 is 5.73 Å². The highest BCUT2D eigenvalue weighted by Crippen LogP contribution is 2.24. The fourth-order valence-corrected chi connectivity index (χ4v) is 2.22. The van der Waals surface area contributed by atoms with E-state index in [1.54, 1.807) is 16.9 Å². The first-order valence-electron chi connectivity index (χ1n) is 6.47. The molecule has 0 saturated carbocycles. The van der Waals surface area contributed by atoms with Crippen molar-refractivity contribution < 1.29 is 0 Å². The molecule has 5 heteroatoms. The third kappa shape index (κ3) is 2.23. The number of anilines is 1. The quantitative estimate of drug-likeness (QED) is 0.729. The summed E-state index contributed by atoms with van der Waals surface area (Å²) in [7, 11) is 0. The van der Waals surface area contributed by atoms with Gasteiger partial charge in [0, 0.05) is 0 Å². The summed E-state index contributed by atoms with van der Waals surface area (Å²) >= 11 is 6.00. The molecule has 0 aliphatic carbocycles. The van der Waals surface area contributed by atoms with E-state index in [9.17, 15) is 0 Å². The number of hydrogen-bond donors (Lipinski definition) is 1. The third-order valence-corrected chi connectivity index (χ3v) is 3.62. The number of hydrogen-bond acceptors (Lipinski definition) is 3. The molecule has 0 fully saturated rings. The van der Waals surface area contributed by atoms with E-state index >= 15 is 0 Å². The Kier molecular flexibility index (Phi) is 3.10. The molecule has 1 heterocycles. The number of rotatable bonds is 2. The molecule has 0 aliphatic heterocycles. The van der Waals surface area contributed by atoms with E-state index < -0.39 is 0 Å². The first-order chi connectivity index (χ1) is 9.54. The van der Waals surface area contributed by atoms with Crippen LogP contribution in [0.2, 0.25) is 5.02 Å². The number of aromatic nitrogens is 3. The zero-order chi connectivity index (χ0) is 14.3. The maximum atomic E-state index is 6.00. The van der Waals surface area contributed by atoms with Crippen LogP contribution in [-0.2, 0) is 0 Å². The summed E-state index contributed by atoms with van der Waals surface area (Å²) in [5.41, 5.74) is 9.97. The molecule has 3 aromatic rings. The lowest BCUT2D eigenvalue weighted by molar-refractivity contribution is 0.763. The van der Waals surface area contributed by atoms with E-state index in [1.165, 1.54) is 5.56 Å². The second-order valence-corrected chi connectivity index (χ2v) is 5.51. The average molecular weight is 287 g/mol. The van der Waals surface area contributed by atoms with Crippen LogP contribution in [-0.4, -0.2) is 15.0 Å². The highest BCUT2D eigenvalue weighted by molar-refractivity contribution is 6.33. The largest absolute Gasteiger partial charge is 0.397 e. The molecule has 3 rings (SSSR count). The second kappa shape index (κ2) is 4.80. The molecule has 2 N–H and O–H groups in total. The van der Waals surface area contributed by atoms with Crippen LogP contribution >= 0.6 is 11.6 Å². The Bertz CT molecular complexity index is 720. The van der Waals surface area contributed by atoms with Gasteiger partial charge in [-0.05, 0) is 35.7 Å². The van der Waals surface area contributed by atoms with Crippen LogP contribution in [0.3, 0.4) is 0 Å². The molecular formula is C15H15ClN4. The van der Waals surface area contributed by atoms with Gasteiger partial charge in [-0.3, -0.25) is 0 Å². The fourth-order valence-electron chi connectivity index (χ4n) is 2.06. The van der Waals surface area contributed by atoms with Gasteiger partial charge in [-0.25, -0.2) is 0 Å². The number of halogens is 1. The smallest absolute Gasteiger partial charge is 0.115 e. The molecule has 0 atom stereocenters. The van der Waals surface area contributed by atoms with Crippen molar-refractivity contribution in [1.29, 1.82) is 0 Å². The van der Waals surface area contributed by atoms with Gasteiger partial charge in [0.15, 0.2) is 0 Å². The summed E-state index contributed by atoms with van der Waals surface area (Å²) < 4.78 is 0. The number of benzene rings is 2. The van der Waals surface area contributed by atoms with Gasteiger partial charge in [0.25, 0.3) is 0 Å². The Hall–Kier alpha value is -2.07. The summed E-state index contributed by atoms with van der Waals surface area (Å²) in [5.74, 6) is 0.507. The standard InChI is InChI=1S/C15H15ClN4/c1-9(2)10-3-5-11(6-4-10)20-18-14-7-12(16)13(17)8-15(14)19-20/h3-9H,17H2,1-2H3. The number of nitrogens with zero attached hydrogens (tertiary/aromatic N) is 3. The molecule has 0 aliphatic rings. The molecule has 4 nitrogen and oxygen atoms in total. The first-order valence-corrected chi connectivity index (χ1v) is 6.85. The molecule has 1 aromatic heterocycles. The fraction of sp³-hybridized carbons (Fsp3) is 0.200. The lowest BCUT2D eigenvalue weighted by Crippen LogP contribution is -1.98. The van der Waals surface area contributed by atoms with Crippen molar-refractivity contribution in [2.24, 2.45) is 0 Å². The highest BCUT2D eigenvalue weighted by atomic mass is 35.5. The van der Waals surface area contributed by atoms with Crippen molar-refractivity contribution in [1.82, 2.24) is 15.0 Å². The Morgan fingerprint density at radius 2 is 1.65 bits per heavy atom. The summed E-state index contributed by atoms with van der Waals surface area (Å²) in [4.78, 5) is 1.60. The molecule has 0 unspecified atom stereocenters. The van der Waals surface area contributed by atoms with Crippen molar-refractivity contribution in [3.8, 4) is 5.69 Å². The first kappa shape index (κ1) is 12.9. The maximum absolute atomic E-state index is 6.00. The molecule has 0 bridgehead atoms. The molecule has 102 valence electrons. The van der Waals surface area contributed by atoms with Crippen molar-refractivity contribution >= 4 is 28.3 Å². The lowest BCUT2D eigenvalue weighted by atomic mass is 10.0. The number of fused-ring (bicyclic) bond motifs is 1. The molecule has 20 heavy (non-hydrogen) atoms. The molecule has 0 amide bonds. The van der Waals surface area contributed by atoms with Gasteiger partial charge in [-0.1, -0.05) is 37.6 Å². The van der Waals surface area contributed by atoms with E-state index in [1.807, 2.05) is 12.1 Å². The second-order valence-electron chi connectivity index (χ2n) is 5.10. The summed E-state index contributed by atoms with van der Waals surface area (Å²) in [6, 6.07) is 11.7. The van der Waals surface area contributed by atoms with Gasteiger partial charge in [0.05, 0.1) is 16.4 Å². The Balaban J connectivity index is 2.05. The predicted octanol–water partition coefficient (Wildman–Crippen LogP) is 3.78. The minimum absolute atomic E-state index is 0.500. The lowest BCUT2D eigenvalue weighted by Gasteiger charge is -2.05. The Labute approximate surface area is 122 Å². The molecular weight excluding hydrogens is 272 g/mol. The Morgan fingerprint density at radius 3 is 2.25 bits per heavy atom. The number of nitrogen functional groups attached to an aromatic ring is 1. The zero-order valence-corrected chi connectivity index (χ0v) is 12.1. The molecule has 0 saturated heterocycles. The van der Waals surface area contributed by atoms with Crippen molar-refractivity contribution in [2.75, 3.05) is 5.73 Å². The van der Waals surface area contributed by atoms with Crippen molar-refractivity contribution in [3.63, 3.8) is 0 Å². The summed E-state index contributed by atoms with van der Waals surface area (Å²) in [6.07, 6.45) is 0. The molecule has 2 aromatic carbocycles. The van der Waals surface area contributed by atoms with Crippen LogP contribution in [0.5, 0.6) is 0 Å². The van der Waals surface area contributed by atoms with Crippen molar-refractivity contribution in [2.45, 2.75) is 19.8 Å². The van der Waals surface area contributed by atoms with Crippen LogP contribution in [0.25, 0.3) is 16.7 Å². The van der Waals surface area contributed by atoms with E-state index in [2.05, 4.69) is 36.2 Å². The van der Waals surface area contributed by atoms with Gasteiger partial charge in [0.1, 0.15) is 11.0 Å². The normalized spacial score (nSPS) is 11.4. The number of nitrogens with two attached hydrogens (primary N) is 1. The molecule has 0 radical (unpaired) electrons. The van der Waals surface area contributed by atoms with E-state index in [-0.39, 0.29) is 0 Å². The predicted molar refractivity (Wildman–Crippen MR) is 82.4 cm³/mol. The topological polar surface area (TPSA) is 56.7 Å². The van der Waals surface area contributed by atoms with Crippen LogP contribution in [0.4, 0.5) is 5.69 Å². The Morgan fingerprint density at radius 1 is 1.05 bits per heavy atom. The van der Waals surface area contributed by atoms with Crippen molar-refractivity contribution in [3.05, 3.63) is 47.0 Å². The SMILES string of the molecule is CC(C)c1ccc(-n2nc3cc(N)c(Cl)cc3n2)cc1. The van der Waals surface area contributed by atoms with Crippen LogP contribution in [0.15, 0.2) is 36.4 Å². The maximum Gasteiger partial charge on any atom is 0.115 e. The highest BCUT2D eigenvalue weighted by Gasteiger charge is 2.08. The summed E-state index contributed by atoms with van der Waals surface area (Å²) in [5, 5.41) is 9.35. The van der Waals surface area contributed by atoms with Crippen LogP contribution in [0, 0.1) is 0 Å². The van der Waals surface area contributed by atoms with Crippen LogP contribution in [0.1, 0.15) is 25.3 Å². The third-order valence-electron chi connectivity index (χ3n) is 3.29. The van der Waals surface area contributed by atoms with Gasteiger partial charge < -0.3 is 5.73 Å². The van der Waals surface area contributed by atoms with E-state index in [0.717, 1.165) is 16.7 Å². The van der Waals surface area contributed by atoms with E-state index in [4.69, 9.17) is 17.3 Å². The minimum Gasteiger partial charge on any atom is -0.397 e. The van der Waals surface area contributed by atoms with E-state index in [0.29, 0.717) is 16.6 Å². The minimum atomic E-state index is 0.500. The summed E-state index contributed by atoms with van der Waals surface area (Å²) in [6.45, 7) is 4.33. The monoisotopic (exact) mass is 286 g/mol.